The van der Waals surface area contributed by atoms with Crippen LogP contribution in [-0.4, -0.2) is 56.4 Å². The second kappa shape index (κ2) is 7.48. The first kappa shape index (κ1) is 16.0. The van der Waals surface area contributed by atoms with Gasteiger partial charge in [-0.15, -0.1) is 0 Å². The molecule has 0 spiro atoms. The number of rotatable bonds is 8. The lowest BCUT2D eigenvalue weighted by Gasteiger charge is -2.27. The maximum absolute atomic E-state index is 10.1. The SMILES string of the molecule is COc1ccc(CCNCC(C)(O)CN(C)C)cc1. The molecule has 0 aliphatic heterocycles. The fourth-order valence-electron chi connectivity index (χ4n) is 2.12. The predicted octanol–water partition coefficient (Wildman–Crippen LogP) is 1.14. The van der Waals surface area contributed by atoms with Crippen LogP contribution >= 0.6 is 0 Å². The molecule has 0 fully saturated rings. The maximum atomic E-state index is 10.1. The number of aliphatic hydroxyl groups is 1. The highest BCUT2D eigenvalue weighted by atomic mass is 16.5. The quantitative estimate of drug-likeness (QED) is 0.693. The fourth-order valence-corrected chi connectivity index (χ4v) is 2.12. The number of hydrogen-bond donors (Lipinski definition) is 2. The van der Waals surface area contributed by atoms with E-state index in [1.807, 2.05) is 38.1 Å². The van der Waals surface area contributed by atoms with Gasteiger partial charge in [-0.25, -0.2) is 0 Å². The van der Waals surface area contributed by atoms with E-state index in [1.54, 1.807) is 7.11 Å². The molecule has 19 heavy (non-hydrogen) atoms. The Balaban J connectivity index is 2.26. The van der Waals surface area contributed by atoms with Gasteiger partial charge in [-0.3, -0.25) is 0 Å². The number of likely N-dealkylation sites (N-methyl/N-ethyl adjacent to an activating group) is 1. The molecule has 0 heterocycles. The van der Waals surface area contributed by atoms with Crippen LogP contribution in [0.4, 0.5) is 0 Å². The van der Waals surface area contributed by atoms with Gasteiger partial charge < -0.3 is 20.1 Å². The van der Waals surface area contributed by atoms with Crippen LogP contribution in [-0.2, 0) is 6.42 Å². The van der Waals surface area contributed by atoms with Crippen LogP contribution in [0.1, 0.15) is 12.5 Å². The monoisotopic (exact) mass is 266 g/mol. The molecular weight excluding hydrogens is 240 g/mol. The summed E-state index contributed by atoms with van der Waals surface area (Å²) in [5.74, 6) is 0.880. The van der Waals surface area contributed by atoms with Crippen LogP contribution in [0.2, 0.25) is 0 Å². The number of nitrogens with one attached hydrogen (secondary N) is 1. The molecular formula is C15H26N2O2. The van der Waals surface area contributed by atoms with Gasteiger partial charge in [-0.05, 0) is 51.7 Å². The van der Waals surface area contributed by atoms with Gasteiger partial charge in [0.25, 0.3) is 0 Å². The lowest BCUT2D eigenvalue weighted by Crippen LogP contribution is -2.45. The Morgan fingerprint density at radius 3 is 2.42 bits per heavy atom. The largest absolute Gasteiger partial charge is 0.497 e. The van der Waals surface area contributed by atoms with Crippen LogP contribution in [0.5, 0.6) is 5.75 Å². The molecule has 0 amide bonds. The van der Waals surface area contributed by atoms with Gasteiger partial charge in [0.15, 0.2) is 0 Å². The molecule has 4 nitrogen and oxygen atoms in total. The number of nitrogens with zero attached hydrogens (tertiary/aromatic N) is 1. The number of benzene rings is 1. The summed E-state index contributed by atoms with van der Waals surface area (Å²) in [5.41, 5.74) is 0.573. The Morgan fingerprint density at radius 2 is 1.89 bits per heavy atom. The van der Waals surface area contributed by atoms with Crippen LogP contribution in [0, 0.1) is 0 Å². The van der Waals surface area contributed by atoms with Gasteiger partial charge in [-0.1, -0.05) is 12.1 Å². The summed E-state index contributed by atoms with van der Waals surface area (Å²) in [6, 6.07) is 8.08. The second-order valence-electron chi connectivity index (χ2n) is 5.51. The van der Waals surface area contributed by atoms with E-state index in [9.17, 15) is 5.11 Å². The summed E-state index contributed by atoms with van der Waals surface area (Å²) in [4.78, 5) is 1.99. The van der Waals surface area contributed by atoms with Crippen molar-refractivity contribution in [1.82, 2.24) is 10.2 Å². The zero-order valence-corrected chi connectivity index (χ0v) is 12.4. The van der Waals surface area contributed by atoms with Crippen molar-refractivity contribution >= 4 is 0 Å². The number of hydrogen-bond acceptors (Lipinski definition) is 4. The van der Waals surface area contributed by atoms with Crippen LogP contribution in [0.25, 0.3) is 0 Å². The molecule has 0 radical (unpaired) electrons. The standard InChI is InChI=1S/C15H26N2O2/c1-15(18,12-17(2)3)11-16-10-9-13-5-7-14(19-4)8-6-13/h5-8,16,18H,9-12H2,1-4H3. The van der Waals surface area contributed by atoms with E-state index >= 15 is 0 Å². The minimum Gasteiger partial charge on any atom is -0.497 e. The lowest BCUT2D eigenvalue weighted by atomic mass is 10.1. The molecule has 1 aromatic rings. The summed E-state index contributed by atoms with van der Waals surface area (Å²) in [5, 5.41) is 13.4. The molecule has 0 bridgehead atoms. The highest BCUT2D eigenvalue weighted by molar-refractivity contribution is 5.27. The van der Waals surface area contributed by atoms with Crippen molar-refractivity contribution < 1.29 is 9.84 Å². The highest BCUT2D eigenvalue weighted by Crippen LogP contribution is 2.11. The molecule has 1 rings (SSSR count). The van der Waals surface area contributed by atoms with Crippen molar-refractivity contribution in [3.63, 3.8) is 0 Å². The molecule has 2 N–H and O–H groups in total. The second-order valence-corrected chi connectivity index (χ2v) is 5.51. The smallest absolute Gasteiger partial charge is 0.118 e. The van der Waals surface area contributed by atoms with Crippen molar-refractivity contribution in [3.8, 4) is 5.75 Å². The molecule has 0 aromatic heterocycles. The van der Waals surface area contributed by atoms with Gasteiger partial charge in [0, 0.05) is 13.1 Å². The number of ether oxygens (including phenoxy) is 1. The Labute approximate surface area is 116 Å². The van der Waals surface area contributed by atoms with Crippen LogP contribution < -0.4 is 10.1 Å². The molecule has 4 heteroatoms. The third-order valence-electron chi connectivity index (χ3n) is 2.91. The molecule has 1 atom stereocenters. The topological polar surface area (TPSA) is 44.7 Å². The molecule has 1 unspecified atom stereocenters. The third kappa shape index (κ3) is 6.57. The van der Waals surface area contributed by atoms with E-state index in [-0.39, 0.29) is 0 Å². The Bertz CT molecular complexity index is 361. The highest BCUT2D eigenvalue weighted by Gasteiger charge is 2.20. The molecule has 0 saturated carbocycles. The minimum atomic E-state index is -0.691. The molecule has 0 aliphatic carbocycles. The average molecular weight is 266 g/mol. The Morgan fingerprint density at radius 1 is 1.26 bits per heavy atom. The first-order valence-electron chi connectivity index (χ1n) is 6.64. The lowest BCUT2D eigenvalue weighted by molar-refractivity contribution is 0.0341. The first-order chi connectivity index (χ1) is 8.93. The Kier molecular flexibility index (Phi) is 6.28. The first-order valence-corrected chi connectivity index (χ1v) is 6.64. The van der Waals surface area contributed by atoms with Gasteiger partial charge >= 0.3 is 0 Å². The van der Waals surface area contributed by atoms with Crippen molar-refractivity contribution in [3.05, 3.63) is 29.8 Å². The molecule has 0 saturated heterocycles. The minimum absolute atomic E-state index is 0.599. The average Bonchev–Trinajstić information content (AvgIpc) is 2.34. The van der Waals surface area contributed by atoms with Crippen molar-refractivity contribution in [2.24, 2.45) is 0 Å². The summed E-state index contributed by atoms with van der Waals surface area (Å²) in [7, 11) is 5.60. The summed E-state index contributed by atoms with van der Waals surface area (Å²) >= 11 is 0. The van der Waals surface area contributed by atoms with Crippen molar-refractivity contribution in [1.29, 1.82) is 0 Å². The zero-order chi connectivity index (χ0) is 14.3. The van der Waals surface area contributed by atoms with Gasteiger partial charge in [0.2, 0.25) is 0 Å². The van der Waals surface area contributed by atoms with E-state index in [4.69, 9.17) is 4.74 Å². The van der Waals surface area contributed by atoms with E-state index in [1.165, 1.54) is 5.56 Å². The predicted molar refractivity (Wildman–Crippen MR) is 78.7 cm³/mol. The normalized spacial score (nSPS) is 14.4. The molecule has 1 aromatic carbocycles. The van der Waals surface area contributed by atoms with Crippen LogP contribution in [0.15, 0.2) is 24.3 Å². The van der Waals surface area contributed by atoms with Gasteiger partial charge in [0.1, 0.15) is 5.75 Å². The Hall–Kier alpha value is -1.10. The van der Waals surface area contributed by atoms with E-state index in [2.05, 4.69) is 17.4 Å². The third-order valence-corrected chi connectivity index (χ3v) is 2.91. The summed E-state index contributed by atoms with van der Waals surface area (Å²) in [6.07, 6.45) is 0.946. The van der Waals surface area contributed by atoms with Crippen LogP contribution in [0.3, 0.4) is 0 Å². The van der Waals surface area contributed by atoms with E-state index in [0.717, 1.165) is 18.7 Å². The van der Waals surface area contributed by atoms with Gasteiger partial charge in [0.05, 0.1) is 12.7 Å². The fraction of sp³-hybridized carbons (Fsp3) is 0.600. The van der Waals surface area contributed by atoms with Gasteiger partial charge in [-0.2, -0.15) is 0 Å². The maximum Gasteiger partial charge on any atom is 0.118 e. The summed E-state index contributed by atoms with van der Waals surface area (Å²) < 4.78 is 5.12. The van der Waals surface area contributed by atoms with Crippen molar-refractivity contribution in [2.75, 3.05) is 40.8 Å². The van der Waals surface area contributed by atoms with Crippen molar-refractivity contribution in [2.45, 2.75) is 18.9 Å². The van der Waals surface area contributed by atoms with E-state index in [0.29, 0.717) is 13.1 Å². The molecule has 108 valence electrons. The number of methoxy groups -OCH3 is 1. The van der Waals surface area contributed by atoms with E-state index < -0.39 is 5.60 Å². The molecule has 0 aliphatic rings. The summed E-state index contributed by atoms with van der Waals surface area (Å²) in [6.45, 7) is 3.97. The zero-order valence-electron chi connectivity index (χ0n) is 12.4.